The topological polar surface area (TPSA) is 50.8 Å². The van der Waals surface area contributed by atoms with Crippen molar-refractivity contribution in [2.45, 2.75) is 12.3 Å². The summed E-state index contributed by atoms with van der Waals surface area (Å²) in [5.74, 6) is 0. The third-order valence-electron chi connectivity index (χ3n) is 2.24. The fourth-order valence-electron chi connectivity index (χ4n) is 1.53. The summed E-state index contributed by atoms with van der Waals surface area (Å²) in [4.78, 5) is 1.77. The summed E-state index contributed by atoms with van der Waals surface area (Å²) < 4.78 is 0. The maximum absolute atomic E-state index is 8.73. The van der Waals surface area contributed by atoms with Gasteiger partial charge in [0, 0.05) is 11.0 Å². The first-order valence-electron chi connectivity index (χ1n) is 4.87. The van der Waals surface area contributed by atoms with Crippen molar-refractivity contribution in [1.29, 1.82) is 10.5 Å². The quantitative estimate of drug-likeness (QED) is 0.628. The van der Waals surface area contributed by atoms with E-state index in [9.17, 15) is 0 Å². The number of hydrogen-bond donors (Lipinski definition) is 0. The first kappa shape index (κ1) is 12.5. The van der Waals surface area contributed by atoms with Crippen LogP contribution in [0.15, 0.2) is 18.2 Å². The van der Waals surface area contributed by atoms with Crippen LogP contribution in [0.5, 0.6) is 0 Å². The van der Waals surface area contributed by atoms with Crippen LogP contribution in [0.4, 0.5) is 5.69 Å². The summed E-state index contributed by atoms with van der Waals surface area (Å²) in [6, 6.07) is 10.2. The Morgan fingerprint density at radius 1 is 1.25 bits per heavy atom. The number of alkyl halides is 1. The lowest BCUT2D eigenvalue weighted by molar-refractivity contribution is 0.957. The van der Waals surface area contributed by atoms with Crippen molar-refractivity contribution in [3.63, 3.8) is 0 Å². The normalized spacial score (nSPS) is 9.25. The third kappa shape index (κ3) is 2.98. The van der Waals surface area contributed by atoms with Gasteiger partial charge < -0.3 is 4.90 Å². The molecule has 1 aromatic rings. The van der Waals surface area contributed by atoms with Gasteiger partial charge in [0.1, 0.15) is 13.1 Å². The van der Waals surface area contributed by atoms with Crippen molar-refractivity contribution in [1.82, 2.24) is 0 Å². The molecule has 0 N–H and O–H groups in total. The third-order valence-corrected chi connectivity index (χ3v) is 2.85. The van der Waals surface area contributed by atoms with Crippen LogP contribution in [-0.2, 0) is 5.33 Å². The number of aryl methyl sites for hydroxylation is 1. The molecule has 0 aliphatic carbocycles. The fourth-order valence-corrected chi connectivity index (χ4v) is 1.98. The highest BCUT2D eigenvalue weighted by molar-refractivity contribution is 9.08. The van der Waals surface area contributed by atoms with Crippen LogP contribution in [0, 0.1) is 29.6 Å². The highest BCUT2D eigenvalue weighted by atomic mass is 79.9. The van der Waals surface area contributed by atoms with Gasteiger partial charge >= 0.3 is 0 Å². The molecule has 0 saturated heterocycles. The highest BCUT2D eigenvalue weighted by Crippen LogP contribution is 2.23. The average Bonchev–Trinajstić information content (AvgIpc) is 2.28. The molecule has 0 bridgehead atoms. The van der Waals surface area contributed by atoms with Gasteiger partial charge in [0.25, 0.3) is 0 Å². The molecule has 3 nitrogen and oxygen atoms in total. The Morgan fingerprint density at radius 2 is 1.88 bits per heavy atom. The zero-order valence-corrected chi connectivity index (χ0v) is 10.7. The molecule has 82 valence electrons. The lowest BCUT2D eigenvalue weighted by Crippen LogP contribution is -2.24. The van der Waals surface area contributed by atoms with Gasteiger partial charge in [-0.3, -0.25) is 0 Å². The Balaban J connectivity index is 3.09. The van der Waals surface area contributed by atoms with Crippen molar-refractivity contribution in [2.75, 3.05) is 18.0 Å². The maximum Gasteiger partial charge on any atom is 0.106 e. The van der Waals surface area contributed by atoms with E-state index >= 15 is 0 Å². The van der Waals surface area contributed by atoms with Crippen LogP contribution in [0.3, 0.4) is 0 Å². The summed E-state index contributed by atoms with van der Waals surface area (Å²) in [5.41, 5.74) is 3.23. The van der Waals surface area contributed by atoms with E-state index in [1.54, 1.807) is 4.90 Å². The highest BCUT2D eigenvalue weighted by Gasteiger charge is 2.09. The molecule has 0 saturated carbocycles. The average molecular weight is 278 g/mol. The molecule has 0 atom stereocenters. The molecule has 0 aromatic heterocycles. The molecular weight excluding hydrogens is 266 g/mol. The second-order valence-corrected chi connectivity index (χ2v) is 4.00. The Labute approximate surface area is 104 Å². The van der Waals surface area contributed by atoms with Crippen LogP contribution < -0.4 is 4.90 Å². The number of nitrogens with zero attached hydrogens (tertiary/aromatic N) is 3. The van der Waals surface area contributed by atoms with E-state index in [0.717, 1.165) is 16.6 Å². The van der Waals surface area contributed by atoms with E-state index in [1.165, 1.54) is 5.56 Å². The maximum atomic E-state index is 8.73. The minimum atomic E-state index is 0.233. The first-order valence-corrected chi connectivity index (χ1v) is 5.99. The van der Waals surface area contributed by atoms with Gasteiger partial charge in [0.2, 0.25) is 0 Å². The SMILES string of the molecule is Cc1ccc(N(CC#N)CC#N)c(CBr)c1. The van der Waals surface area contributed by atoms with E-state index in [1.807, 2.05) is 19.1 Å². The fraction of sp³-hybridized carbons (Fsp3) is 0.333. The van der Waals surface area contributed by atoms with Gasteiger partial charge in [-0.25, -0.2) is 0 Å². The standard InChI is InChI=1S/C12H12BrN3/c1-10-2-3-12(11(8-10)9-13)16(6-4-14)7-5-15/h2-3,8H,6-7,9H2,1H3. The van der Waals surface area contributed by atoms with Gasteiger partial charge in [-0.1, -0.05) is 33.6 Å². The van der Waals surface area contributed by atoms with E-state index in [2.05, 4.69) is 34.1 Å². The summed E-state index contributed by atoms with van der Waals surface area (Å²) in [5, 5.41) is 18.2. The van der Waals surface area contributed by atoms with Gasteiger partial charge in [-0.2, -0.15) is 10.5 Å². The molecule has 0 fully saturated rings. The van der Waals surface area contributed by atoms with Gasteiger partial charge in [0.05, 0.1) is 12.1 Å². The molecular formula is C12H12BrN3. The van der Waals surface area contributed by atoms with Gasteiger partial charge in [-0.05, 0) is 18.6 Å². The van der Waals surface area contributed by atoms with E-state index < -0.39 is 0 Å². The zero-order chi connectivity index (χ0) is 12.0. The molecule has 4 heteroatoms. The molecule has 0 unspecified atom stereocenters. The predicted octanol–water partition coefficient (Wildman–Crippen LogP) is 2.74. The number of rotatable bonds is 4. The Kier molecular flexibility index (Phi) is 4.82. The molecule has 1 rings (SSSR count). The minimum Gasteiger partial charge on any atom is -0.345 e. The monoisotopic (exact) mass is 277 g/mol. The lowest BCUT2D eigenvalue weighted by Gasteiger charge is -2.21. The van der Waals surface area contributed by atoms with Crippen LogP contribution in [0.2, 0.25) is 0 Å². The van der Waals surface area contributed by atoms with Crippen molar-refractivity contribution < 1.29 is 0 Å². The van der Waals surface area contributed by atoms with Crippen molar-refractivity contribution >= 4 is 21.6 Å². The number of halogens is 1. The molecule has 0 amide bonds. The zero-order valence-electron chi connectivity index (χ0n) is 9.07. The molecule has 0 aliphatic heterocycles. The molecule has 16 heavy (non-hydrogen) atoms. The van der Waals surface area contributed by atoms with Crippen molar-refractivity contribution in [2.24, 2.45) is 0 Å². The van der Waals surface area contributed by atoms with Crippen LogP contribution in [0.1, 0.15) is 11.1 Å². The number of hydrogen-bond acceptors (Lipinski definition) is 3. The minimum absolute atomic E-state index is 0.233. The van der Waals surface area contributed by atoms with E-state index in [0.29, 0.717) is 0 Å². The largest absolute Gasteiger partial charge is 0.345 e. The summed E-state index contributed by atoms with van der Waals surface area (Å²) in [7, 11) is 0. The van der Waals surface area contributed by atoms with Crippen LogP contribution >= 0.6 is 15.9 Å². The summed E-state index contributed by atoms with van der Waals surface area (Å²) in [6.45, 7) is 2.49. The first-order chi connectivity index (χ1) is 7.72. The second kappa shape index (κ2) is 6.15. The lowest BCUT2D eigenvalue weighted by atomic mass is 10.1. The van der Waals surface area contributed by atoms with Crippen LogP contribution in [0.25, 0.3) is 0 Å². The molecule has 0 aliphatic rings. The number of nitriles is 2. The second-order valence-electron chi connectivity index (χ2n) is 3.44. The van der Waals surface area contributed by atoms with Crippen LogP contribution in [-0.4, -0.2) is 13.1 Å². The van der Waals surface area contributed by atoms with Crippen molar-refractivity contribution in [3.8, 4) is 12.1 Å². The van der Waals surface area contributed by atoms with E-state index in [-0.39, 0.29) is 13.1 Å². The number of benzene rings is 1. The summed E-state index contributed by atoms with van der Waals surface area (Å²) >= 11 is 3.42. The molecule has 1 aromatic carbocycles. The Morgan fingerprint density at radius 3 is 2.38 bits per heavy atom. The Hall–Kier alpha value is -1.52. The van der Waals surface area contributed by atoms with Gasteiger partial charge in [-0.15, -0.1) is 0 Å². The Bertz CT molecular complexity index is 427. The smallest absolute Gasteiger partial charge is 0.106 e. The summed E-state index contributed by atoms with van der Waals surface area (Å²) in [6.07, 6.45) is 0. The van der Waals surface area contributed by atoms with Gasteiger partial charge in [0.15, 0.2) is 0 Å². The molecule has 0 heterocycles. The number of anilines is 1. The predicted molar refractivity (Wildman–Crippen MR) is 67.2 cm³/mol. The molecule has 0 spiro atoms. The van der Waals surface area contributed by atoms with E-state index in [4.69, 9.17) is 10.5 Å². The van der Waals surface area contributed by atoms with Crippen molar-refractivity contribution in [3.05, 3.63) is 29.3 Å². The molecule has 0 radical (unpaired) electrons.